The molecule has 0 atom stereocenters. The lowest BCUT2D eigenvalue weighted by atomic mass is 10.3. The zero-order valence-corrected chi connectivity index (χ0v) is 12.2. The molecule has 1 aromatic rings. The molecule has 1 rings (SSSR count). The molecule has 0 saturated heterocycles. The van der Waals surface area contributed by atoms with Gasteiger partial charge in [0.2, 0.25) is 10.0 Å². The van der Waals surface area contributed by atoms with Gasteiger partial charge in [0.1, 0.15) is 11.6 Å². The van der Waals surface area contributed by atoms with Crippen LogP contribution in [0.25, 0.3) is 0 Å². The van der Waals surface area contributed by atoms with Crippen LogP contribution >= 0.6 is 0 Å². The van der Waals surface area contributed by atoms with Crippen molar-refractivity contribution < 1.29 is 26.7 Å². The highest BCUT2D eigenvalue weighted by atomic mass is 32.2. The second-order valence-corrected chi connectivity index (χ2v) is 5.82. The summed E-state index contributed by atoms with van der Waals surface area (Å²) < 4.78 is 57.4. The van der Waals surface area contributed by atoms with Crippen molar-refractivity contribution in [2.45, 2.75) is 24.7 Å². The summed E-state index contributed by atoms with van der Waals surface area (Å²) in [5, 5.41) is 0. The van der Waals surface area contributed by atoms with Gasteiger partial charge in [-0.25, -0.2) is 21.9 Å². The van der Waals surface area contributed by atoms with Crippen molar-refractivity contribution in [3.63, 3.8) is 0 Å². The van der Waals surface area contributed by atoms with E-state index in [4.69, 9.17) is 5.73 Å². The maximum atomic E-state index is 13.5. The monoisotopic (exact) mass is 322 g/mol. The molecule has 0 heterocycles. The number of sulfonamides is 1. The van der Waals surface area contributed by atoms with E-state index in [1.165, 1.54) is 0 Å². The Kier molecular flexibility index (Phi) is 6.03. The van der Waals surface area contributed by atoms with Crippen LogP contribution in [-0.4, -0.2) is 27.5 Å². The summed E-state index contributed by atoms with van der Waals surface area (Å²) in [4.78, 5) is 9.96. The molecule has 0 amide bonds. The van der Waals surface area contributed by atoms with Gasteiger partial charge in [-0.2, -0.15) is 0 Å². The Labute approximate surface area is 121 Å². The van der Waals surface area contributed by atoms with E-state index in [0.717, 1.165) is 12.1 Å². The molecule has 0 radical (unpaired) electrons. The molecule has 0 aliphatic rings. The summed E-state index contributed by atoms with van der Waals surface area (Å²) in [6.45, 7) is 1.73. The van der Waals surface area contributed by atoms with E-state index in [0.29, 0.717) is 0 Å². The molecule has 0 bridgehead atoms. The van der Waals surface area contributed by atoms with E-state index in [9.17, 15) is 22.0 Å². The fourth-order valence-electron chi connectivity index (χ4n) is 1.58. The van der Waals surface area contributed by atoms with Gasteiger partial charge in [0.25, 0.3) is 0 Å². The van der Waals surface area contributed by atoms with Gasteiger partial charge in [0, 0.05) is 18.7 Å². The number of rotatable bonds is 7. The number of ether oxygens (including phenoxy) is 1. The number of hydrogen-bond donors (Lipinski definition) is 2. The van der Waals surface area contributed by atoms with Crippen molar-refractivity contribution in [1.82, 2.24) is 4.72 Å². The molecule has 0 aliphatic heterocycles. The Morgan fingerprint density at radius 2 is 1.90 bits per heavy atom. The van der Waals surface area contributed by atoms with Gasteiger partial charge in [-0.05, 0) is 25.5 Å². The van der Waals surface area contributed by atoms with Crippen LogP contribution in [0, 0.1) is 11.6 Å². The Balaban J connectivity index is 2.69. The van der Waals surface area contributed by atoms with E-state index in [-0.39, 0.29) is 31.7 Å². The van der Waals surface area contributed by atoms with Crippen LogP contribution in [0.3, 0.4) is 0 Å². The van der Waals surface area contributed by atoms with E-state index < -0.39 is 32.5 Å². The van der Waals surface area contributed by atoms with Crippen LogP contribution in [0.15, 0.2) is 17.0 Å². The average Bonchev–Trinajstić information content (AvgIpc) is 2.33. The van der Waals surface area contributed by atoms with Crippen molar-refractivity contribution in [1.29, 1.82) is 0 Å². The predicted molar refractivity (Wildman–Crippen MR) is 71.8 cm³/mol. The minimum Gasteiger partial charge on any atom is -0.466 e. The number of halogens is 2. The zero-order chi connectivity index (χ0) is 16.0. The molecular formula is C12H16F2N2O4S. The number of carbonyl (C=O) groups excluding carboxylic acids is 1. The van der Waals surface area contributed by atoms with Crippen LogP contribution in [0.4, 0.5) is 14.5 Å². The third-order valence-corrected chi connectivity index (χ3v) is 3.96. The molecule has 6 nitrogen and oxygen atoms in total. The second kappa shape index (κ2) is 7.32. The molecule has 118 valence electrons. The minimum atomic E-state index is -4.36. The number of nitrogens with two attached hydrogens (primary N) is 1. The summed E-state index contributed by atoms with van der Waals surface area (Å²) in [6.07, 6.45) is 0.152. The average molecular weight is 322 g/mol. The van der Waals surface area contributed by atoms with Gasteiger partial charge in [0.15, 0.2) is 4.90 Å². The molecule has 0 saturated carbocycles. The summed E-state index contributed by atoms with van der Waals surface area (Å²) in [5.41, 5.74) is 4.99. The quantitative estimate of drug-likeness (QED) is 0.446. The molecule has 9 heteroatoms. The largest absolute Gasteiger partial charge is 0.466 e. The number of nitrogens with one attached hydrogen (secondary N) is 1. The van der Waals surface area contributed by atoms with Crippen molar-refractivity contribution in [2.75, 3.05) is 18.9 Å². The van der Waals surface area contributed by atoms with Gasteiger partial charge in [0.05, 0.1) is 6.61 Å². The fourth-order valence-corrected chi connectivity index (χ4v) is 2.77. The Morgan fingerprint density at radius 3 is 2.43 bits per heavy atom. The molecule has 0 unspecified atom stereocenters. The zero-order valence-electron chi connectivity index (χ0n) is 11.4. The molecule has 0 aliphatic carbocycles. The van der Waals surface area contributed by atoms with Crippen molar-refractivity contribution in [3.05, 3.63) is 23.8 Å². The number of hydrogen-bond acceptors (Lipinski definition) is 5. The van der Waals surface area contributed by atoms with Crippen LogP contribution < -0.4 is 10.5 Å². The normalized spacial score (nSPS) is 11.4. The topological polar surface area (TPSA) is 98.5 Å². The number of carbonyl (C=O) groups is 1. The maximum Gasteiger partial charge on any atom is 0.305 e. The molecule has 3 N–H and O–H groups in total. The number of benzene rings is 1. The molecule has 0 aromatic heterocycles. The van der Waals surface area contributed by atoms with Crippen molar-refractivity contribution in [3.8, 4) is 0 Å². The van der Waals surface area contributed by atoms with Crippen LogP contribution in [0.1, 0.15) is 19.8 Å². The Morgan fingerprint density at radius 1 is 1.33 bits per heavy atom. The highest BCUT2D eigenvalue weighted by molar-refractivity contribution is 7.89. The summed E-state index contributed by atoms with van der Waals surface area (Å²) in [6, 6.07) is 1.44. The third-order valence-electron chi connectivity index (χ3n) is 2.44. The molecule has 1 aromatic carbocycles. The van der Waals surface area contributed by atoms with E-state index in [1.807, 2.05) is 4.72 Å². The lowest BCUT2D eigenvalue weighted by molar-refractivity contribution is -0.143. The maximum absolute atomic E-state index is 13.5. The first-order chi connectivity index (χ1) is 9.77. The van der Waals surface area contributed by atoms with Crippen molar-refractivity contribution in [2.24, 2.45) is 0 Å². The highest BCUT2D eigenvalue weighted by Gasteiger charge is 2.24. The van der Waals surface area contributed by atoms with E-state index in [2.05, 4.69) is 4.74 Å². The van der Waals surface area contributed by atoms with Crippen LogP contribution in [0.2, 0.25) is 0 Å². The van der Waals surface area contributed by atoms with Crippen molar-refractivity contribution >= 4 is 21.7 Å². The lowest BCUT2D eigenvalue weighted by Gasteiger charge is -2.09. The minimum absolute atomic E-state index is 0.00304. The number of esters is 1. The van der Waals surface area contributed by atoms with Crippen LogP contribution in [-0.2, 0) is 19.6 Å². The highest BCUT2D eigenvalue weighted by Crippen LogP contribution is 2.21. The summed E-state index contributed by atoms with van der Waals surface area (Å²) in [5.74, 6) is -3.02. The molecule has 0 fully saturated rings. The third kappa shape index (κ3) is 4.94. The van der Waals surface area contributed by atoms with E-state index >= 15 is 0 Å². The Hall–Kier alpha value is -1.74. The number of nitrogen functional groups attached to an aromatic ring is 1. The molecule has 21 heavy (non-hydrogen) atoms. The van der Waals surface area contributed by atoms with Gasteiger partial charge in [-0.15, -0.1) is 0 Å². The fraction of sp³-hybridized carbons (Fsp3) is 0.417. The smallest absolute Gasteiger partial charge is 0.305 e. The summed E-state index contributed by atoms with van der Waals surface area (Å²) in [7, 11) is -4.36. The standard InChI is InChI=1S/C12H16F2N2O4S/c1-2-20-11(17)4-3-5-16-21(18,19)12-9(13)6-8(15)7-10(12)14/h6-7,16H,2-5,15H2,1H3. The first-order valence-corrected chi connectivity index (χ1v) is 7.66. The van der Waals surface area contributed by atoms with Gasteiger partial charge >= 0.3 is 5.97 Å². The predicted octanol–water partition coefficient (Wildman–Crippen LogP) is 1.17. The van der Waals surface area contributed by atoms with Gasteiger partial charge < -0.3 is 10.5 Å². The summed E-state index contributed by atoms with van der Waals surface area (Å²) >= 11 is 0. The SMILES string of the molecule is CCOC(=O)CCCNS(=O)(=O)c1c(F)cc(N)cc1F. The first kappa shape index (κ1) is 17.3. The molecular weight excluding hydrogens is 306 g/mol. The van der Waals surface area contributed by atoms with Gasteiger partial charge in [-0.1, -0.05) is 0 Å². The Bertz CT molecular complexity index is 597. The van der Waals surface area contributed by atoms with Crippen LogP contribution in [0.5, 0.6) is 0 Å². The number of anilines is 1. The lowest BCUT2D eigenvalue weighted by Crippen LogP contribution is -2.27. The first-order valence-electron chi connectivity index (χ1n) is 6.17. The van der Waals surface area contributed by atoms with E-state index in [1.54, 1.807) is 6.92 Å². The van der Waals surface area contributed by atoms with Gasteiger partial charge in [-0.3, -0.25) is 4.79 Å². The molecule has 0 spiro atoms. The second-order valence-electron chi connectivity index (χ2n) is 4.12.